The van der Waals surface area contributed by atoms with Crippen LogP contribution in [0.1, 0.15) is 24.6 Å². The van der Waals surface area contributed by atoms with Gasteiger partial charge in [0.05, 0.1) is 18.8 Å². The van der Waals surface area contributed by atoms with E-state index in [9.17, 15) is 9.59 Å². The van der Waals surface area contributed by atoms with Crippen LogP contribution in [0.15, 0.2) is 41.5 Å². The zero-order valence-electron chi connectivity index (χ0n) is 15.2. The molecule has 0 saturated carbocycles. The summed E-state index contributed by atoms with van der Waals surface area (Å²) in [6, 6.07) is 6.72. The van der Waals surface area contributed by atoms with Gasteiger partial charge >= 0.3 is 0 Å². The Balaban J connectivity index is 1.45. The molecule has 4 heterocycles. The average molecular weight is 369 g/mol. The minimum Gasteiger partial charge on any atom is -0.368 e. The summed E-state index contributed by atoms with van der Waals surface area (Å²) in [5, 5.41) is 0. The van der Waals surface area contributed by atoms with Crippen LogP contribution in [-0.4, -0.2) is 58.1 Å². The van der Waals surface area contributed by atoms with Gasteiger partial charge in [0.2, 0.25) is 11.9 Å². The SMILES string of the molecule is O=C(Cn1ccccc1=O)N1CCO[C@H](c2ccnc(N3CCCC3)n2)C1. The molecule has 0 unspecified atom stereocenters. The van der Waals surface area contributed by atoms with Gasteiger partial charge in [0, 0.05) is 38.1 Å². The van der Waals surface area contributed by atoms with Crippen molar-refractivity contribution in [1.29, 1.82) is 0 Å². The lowest BCUT2D eigenvalue weighted by molar-refractivity contribution is -0.139. The summed E-state index contributed by atoms with van der Waals surface area (Å²) < 4.78 is 7.28. The summed E-state index contributed by atoms with van der Waals surface area (Å²) in [5.74, 6) is 0.637. The van der Waals surface area contributed by atoms with Gasteiger partial charge < -0.3 is 19.1 Å². The second kappa shape index (κ2) is 7.87. The number of rotatable bonds is 4. The molecular formula is C19H23N5O3. The molecule has 1 amide bonds. The third kappa shape index (κ3) is 4.00. The van der Waals surface area contributed by atoms with Gasteiger partial charge in [-0.25, -0.2) is 9.97 Å². The van der Waals surface area contributed by atoms with Crippen molar-refractivity contribution in [3.63, 3.8) is 0 Å². The molecule has 0 radical (unpaired) electrons. The quantitative estimate of drug-likeness (QED) is 0.794. The van der Waals surface area contributed by atoms with Gasteiger partial charge in [0.15, 0.2) is 0 Å². The van der Waals surface area contributed by atoms with Gasteiger partial charge in [-0.15, -0.1) is 0 Å². The Morgan fingerprint density at radius 2 is 2.04 bits per heavy atom. The number of pyridine rings is 1. The van der Waals surface area contributed by atoms with E-state index >= 15 is 0 Å². The fourth-order valence-corrected chi connectivity index (χ4v) is 3.50. The van der Waals surface area contributed by atoms with Crippen molar-refractivity contribution in [3.8, 4) is 0 Å². The van der Waals surface area contributed by atoms with Gasteiger partial charge in [0.25, 0.3) is 5.56 Å². The molecule has 0 N–H and O–H groups in total. The molecule has 2 saturated heterocycles. The Morgan fingerprint density at radius 1 is 1.19 bits per heavy atom. The van der Waals surface area contributed by atoms with Crippen LogP contribution in [0.2, 0.25) is 0 Å². The van der Waals surface area contributed by atoms with E-state index < -0.39 is 0 Å². The van der Waals surface area contributed by atoms with E-state index in [0.29, 0.717) is 19.7 Å². The van der Waals surface area contributed by atoms with Crippen LogP contribution in [0.5, 0.6) is 0 Å². The molecule has 2 aromatic heterocycles. The topological polar surface area (TPSA) is 80.6 Å². The van der Waals surface area contributed by atoms with Gasteiger partial charge in [-0.05, 0) is 25.0 Å². The molecule has 8 nitrogen and oxygen atoms in total. The van der Waals surface area contributed by atoms with Crippen LogP contribution in [0.4, 0.5) is 5.95 Å². The Labute approximate surface area is 157 Å². The number of ether oxygens (including phenoxy) is 1. The van der Waals surface area contributed by atoms with Gasteiger partial charge in [0.1, 0.15) is 12.6 Å². The lowest BCUT2D eigenvalue weighted by Gasteiger charge is -2.33. The summed E-state index contributed by atoms with van der Waals surface area (Å²) >= 11 is 0. The number of nitrogens with zero attached hydrogens (tertiary/aromatic N) is 5. The van der Waals surface area contributed by atoms with Crippen LogP contribution >= 0.6 is 0 Å². The van der Waals surface area contributed by atoms with E-state index in [0.717, 1.165) is 37.6 Å². The lowest BCUT2D eigenvalue weighted by atomic mass is 10.2. The van der Waals surface area contributed by atoms with Gasteiger partial charge in [-0.1, -0.05) is 6.07 Å². The Kier molecular flexibility index (Phi) is 5.15. The molecule has 142 valence electrons. The first-order chi connectivity index (χ1) is 13.2. The number of amides is 1. The lowest BCUT2D eigenvalue weighted by Crippen LogP contribution is -2.44. The summed E-state index contributed by atoms with van der Waals surface area (Å²) in [6.45, 7) is 3.38. The fourth-order valence-electron chi connectivity index (χ4n) is 3.50. The van der Waals surface area contributed by atoms with Crippen molar-refractivity contribution in [2.75, 3.05) is 37.7 Å². The van der Waals surface area contributed by atoms with Crippen LogP contribution in [0, 0.1) is 0 Å². The number of aromatic nitrogens is 3. The third-order valence-corrected chi connectivity index (χ3v) is 5.01. The monoisotopic (exact) mass is 369 g/mol. The van der Waals surface area contributed by atoms with E-state index in [2.05, 4.69) is 14.9 Å². The number of hydrogen-bond donors (Lipinski definition) is 0. The number of morpholine rings is 1. The zero-order chi connectivity index (χ0) is 18.6. The summed E-state index contributed by atoms with van der Waals surface area (Å²) in [5.41, 5.74) is 0.614. The Morgan fingerprint density at radius 3 is 2.85 bits per heavy atom. The molecule has 27 heavy (non-hydrogen) atoms. The van der Waals surface area contributed by atoms with Crippen molar-refractivity contribution >= 4 is 11.9 Å². The highest BCUT2D eigenvalue weighted by molar-refractivity contribution is 5.76. The first-order valence-electron chi connectivity index (χ1n) is 9.33. The first-order valence-corrected chi connectivity index (χ1v) is 9.33. The van der Waals surface area contributed by atoms with Crippen molar-refractivity contribution in [1.82, 2.24) is 19.4 Å². The smallest absolute Gasteiger partial charge is 0.250 e. The van der Waals surface area contributed by atoms with E-state index in [1.54, 1.807) is 29.4 Å². The first kappa shape index (κ1) is 17.7. The van der Waals surface area contributed by atoms with Crippen LogP contribution in [-0.2, 0) is 16.1 Å². The van der Waals surface area contributed by atoms with E-state index in [1.165, 1.54) is 10.6 Å². The normalized spacial score (nSPS) is 20.1. The van der Waals surface area contributed by atoms with Crippen LogP contribution in [0.25, 0.3) is 0 Å². The van der Waals surface area contributed by atoms with Gasteiger partial charge in [-0.3, -0.25) is 9.59 Å². The zero-order valence-corrected chi connectivity index (χ0v) is 15.2. The van der Waals surface area contributed by atoms with Crippen molar-refractivity contribution in [2.45, 2.75) is 25.5 Å². The van der Waals surface area contributed by atoms with E-state index in [-0.39, 0.29) is 24.1 Å². The molecule has 1 atom stereocenters. The molecule has 4 rings (SSSR count). The van der Waals surface area contributed by atoms with E-state index in [4.69, 9.17) is 4.74 Å². The molecule has 2 aromatic rings. The second-order valence-electron chi connectivity index (χ2n) is 6.84. The molecule has 2 aliphatic heterocycles. The number of carbonyl (C=O) groups is 1. The molecule has 8 heteroatoms. The van der Waals surface area contributed by atoms with Crippen molar-refractivity contribution < 1.29 is 9.53 Å². The molecule has 0 aromatic carbocycles. The fraction of sp³-hybridized carbons (Fsp3) is 0.474. The maximum atomic E-state index is 12.6. The maximum Gasteiger partial charge on any atom is 0.250 e. The highest BCUT2D eigenvalue weighted by atomic mass is 16.5. The molecular weight excluding hydrogens is 346 g/mol. The van der Waals surface area contributed by atoms with Crippen molar-refractivity contribution in [3.05, 3.63) is 52.7 Å². The average Bonchev–Trinajstić information content (AvgIpc) is 3.25. The molecule has 2 aliphatic rings. The second-order valence-corrected chi connectivity index (χ2v) is 6.84. The summed E-state index contributed by atoms with van der Waals surface area (Å²) in [7, 11) is 0. The molecule has 0 aliphatic carbocycles. The standard InChI is InChI=1S/C19H23N5O3/c25-17-5-1-2-10-23(17)14-18(26)24-11-12-27-16(13-24)15-6-7-20-19(21-15)22-8-3-4-9-22/h1-2,5-7,10,16H,3-4,8-9,11-14H2/t16-/m0/s1. The van der Waals surface area contributed by atoms with Gasteiger partial charge in [-0.2, -0.15) is 0 Å². The Hall–Kier alpha value is -2.74. The number of hydrogen-bond acceptors (Lipinski definition) is 6. The highest BCUT2D eigenvalue weighted by Crippen LogP contribution is 2.23. The maximum absolute atomic E-state index is 12.6. The minimum atomic E-state index is -0.278. The summed E-state index contributed by atoms with van der Waals surface area (Å²) in [6.07, 6.45) is 5.43. The van der Waals surface area contributed by atoms with Crippen LogP contribution < -0.4 is 10.5 Å². The Bertz CT molecular complexity index is 862. The largest absolute Gasteiger partial charge is 0.368 e. The number of anilines is 1. The molecule has 2 fully saturated rings. The van der Waals surface area contributed by atoms with E-state index in [1.807, 2.05) is 6.07 Å². The summed E-state index contributed by atoms with van der Waals surface area (Å²) in [4.78, 5) is 37.4. The number of carbonyl (C=O) groups excluding carboxylic acids is 1. The highest BCUT2D eigenvalue weighted by Gasteiger charge is 2.27. The third-order valence-electron chi connectivity index (χ3n) is 5.01. The van der Waals surface area contributed by atoms with Crippen LogP contribution in [0.3, 0.4) is 0 Å². The molecule has 0 bridgehead atoms. The predicted molar refractivity (Wildman–Crippen MR) is 99.5 cm³/mol. The predicted octanol–water partition coefficient (Wildman–Crippen LogP) is 0.839. The minimum absolute atomic E-state index is 0.0369. The molecule has 0 spiro atoms. The van der Waals surface area contributed by atoms with Crippen molar-refractivity contribution in [2.24, 2.45) is 0 Å².